The molecule has 1 N–H and O–H groups in total. The number of benzene rings is 1. The van der Waals surface area contributed by atoms with E-state index in [9.17, 15) is 13.2 Å². The van der Waals surface area contributed by atoms with Crippen molar-refractivity contribution in [3.63, 3.8) is 0 Å². The Labute approximate surface area is 144 Å². The van der Waals surface area contributed by atoms with Gasteiger partial charge in [0.1, 0.15) is 6.04 Å². The van der Waals surface area contributed by atoms with Gasteiger partial charge in [0.15, 0.2) is 11.5 Å². The molecule has 0 aromatic heterocycles. The van der Waals surface area contributed by atoms with Gasteiger partial charge in [-0.1, -0.05) is 17.7 Å². The number of halogens is 5. The van der Waals surface area contributed by atoms with Crippen LogP contribution in [0.2, 0.25) is 5.02 Å². The van der Waals surface area contributed by atoms with E-state index in [1.165, 1.54) is 31.3 Å². The smallest absolute Gasteiger partial charge is 0.408 e. The molecule has 1 aromatic carbocycles. The van der Waals surface area contributed by atoms with Gasteiger partial charge in [-0.25, -0.2) is 0 Å². The molecule has 0 aliphatic carbocycles. The Morgan fingerprint density at radius 3 is 2.26 bits per heavy atom. The fourth-order valence-electron chi connectivity index (χ4n) is 2.64. The van der Waals surface area contributed by atoms with E-state index in [4.69, 9.17) is 21.1 Å². The highest BCUT2D eigenvalue weighted by Gasteiger charge is 2.46. The quantitative estimate of drug-likeness (QED) is 0.876. The lowest BCUT2D eigenvalue weighted by atomic mass is 10.0. The highest BCUT2D eigenvalue weighted by molar-refractivity contribution is 6.33. The number of piperazine rings is 1. The minimum Gasteiger partial charge on any atom is -0.493 e. The molecule has 1 atom stereocenters. The van der Waals surface area contributed by atoms with Crippen molar-refractivity contribution in [3.05, 3.63) is 22.7 Å². The molecule has 1 aliphatic heterocycles. The first-order valence-corrected chi connectivity index (χ1v) is 7.19. The second kappa shape index (κ2) is 8.28. The summed E-state index contributed by atoms with van der Waals surface area (Å²) in [5.74, 6) is 0.420. The Morgan fingerprint density at radius 1 is 1.17 bits per heavy atom. The van der Waals surface area contributed by atoms with Gasteiger partial charge in [-0.05, 0) is 6.07 Å². The molecule has 0 spiro atoms. The van der Waals surface area contributed by atoms with E-state index in [2.05, 4.69) is 5.32 Å². The summed E-state index contributed by atoms with van der Waals surface area (Å²) in [6.07, 6.45) is -4.43. The molecule has 0 radical (unpaired) electrons. The zero-order chi connectivity index (χ0) is 16.3. The van der Waals surface area contributed by atoms with Gasteiger partial charge in [-0.15, -0.1) is 12.4 Å². The van der Waals surface area contributed by atoms with E-state index in [-0.39, 0.29) is 28.7 Å². The number of ether oxygens (including phenoxy) is 2. The van der Waals surface area contributed by atoms with Crippen LogP contribution in [0.25, 0.3) is 0 Å². The lowest BCUT2D eigenvalue weighted by Gasteiger charge is -2.36. The molecule has 9 heteroatoms. The molecule has 2 rings (SSSR count). The fraction of sp³-hybridized carbons (Fsp3) is 0.571. The van der Waals surface area contributed by atoms with E-state index < -0.39 is 12.2 Å². The van der Waals surface area contributed by atoms with Gasteiger partial charge >= 0.3 is 6.18 Å². The van der Waals surface area contributed by atoms with Crippen molar-refractivity contribution in [1.82, 2.24) is 10.2 Å². The summed E-state index contributed by atoms with van der Waals surface area (Å²) in [5.41, 5.74) is -0.0197. The number of methoxy groups -OCH3 is 2. The first kappa shape index (κ1) is 20.2. The Kier molecular flexibility index (Phi) is 7.26. The molecule has 0 unspecified atom stereocenters. The number of nitrogens with zero attached hydrogens (tertiary/aromatic N) is 1. The van der Waals surface area contributed by atoms with Crippen molar-refractivity contribution in [3.8, 4) is 11.5 Å². The second-order valence-electron chi connectivity index (χ2n) is 4.93. The van der Waals surface area contributed by atoms with Gasteiger partial charge in [-0.2, -0.15) is 13.2 Å². The number of nitrogens with one attached hydrogen (secondary N) is 1. The molecule has 0 amide bonds. The van der Waals surface area contributed by atoms with Gasteiger partial charge in [0, 0.05) is 31.7 Å². The number of hydrogen-bond donors (Lipinski definition) is 1. The van der Waals surface area contributed by atoms with E-state index in [1.807, 2.05) is 0 Å². The first-order valence-electron chi connectivity index (χ1n) is 6.82. The van der Waals surface area contributed by atoms with Gasteiger partial charge in [0.05, 0.1) is 19.2 Å². The molecule has 1 saturated heterocycles. The molecule has 0 saturated carbocycles. The van der Waals surface area contributed by atoms with Crippen molar-refractivity contribution in [1.29, 1.82) is 0 Å². The summed E-state index contributed by atoms with van der Waals surface area (Å²) in [6, 6.07) is 1.03. The Hall–Kier alpha value is -0.890. The van der Waals surface area contributed by atoms with E-state index in [1.54, 1.807) is 0 Å². The molecule has 132 valence electrons. The molecule has 1 aromatic rings. The maximum absolute atomic E-state index is 13.6. The predicted molar refractivity (Wildman–Crippen MR) is 85.0 cm³/mol. The molecule has 4 nitrogen and oxygen atoms in total. The fourth-order valence-corrected chi connectivity index (χ4v) is 2.97. The summed E-state index contributed by atoms with van der Waals surface area (Å²) in [4.78, 5) is 1.38. The van der Waals surface area contributed by atoms with Crippen LogP contribution in [0.4, 0.5) is 13.2 Å². The van der Waals surface area contributed by atoms with Crippen LogP contribution >= 0.6 is 24.0 Å². The zero-order valence-electron chi connectivity index (χ0n) is 12.7. The normalized spacial score (nSPS) is 17.3. The lowest BCUT2D eigenvalue weighted by Crippen LogP contribution is -2.49. The molecule has 1 fully saturated rings. The van der Waals surface area contributed by atoms with E-state index in [0.717, 1.165) is 0 Å². The van der Waals surface area contributed by atoms with Crippen molar-refractivity contribution in [2.45, 2.75) is 12.2 Å². The Balaban J connectivity index is 0.00000264. The van der Waals surface area contributed by atoms with E-state index in [0.29, 0.717) is 31.9 Å². The maximum Gasteiger partial charge on any atom is 0.408 e. The highest BCUT2D eigenvalue weighted by Crippen LogP contribution is 2.46. The van der Waals surface area contributed by atoms with Crippen LogP contribution in [0.3, 0.4) is 0 Å². The average molecular weight is 375 g/mol. The van der Waals surface area contributed by atoms with Crippen LogP contribution in [0.1, 0.15) is 11.6 Å². The molecule has 1 heterocycles. The van der Waals surface area contributed by atoms with Crippen LogP contribution < -0.4 is 14.8 Å². The minimum atomic E-state index is -4.43. The minimum absolute atomic E-state index is 0. The van der Waals surface area contributed by atoms with Crippen LogP contribution in [0, 0.1) is 0 Å². The number of alkyl halides is 3. The van der Waals surface area contributed by atoms with Gasteiger partial charge in [-0.3, -0.25) is 4.90 Å². The summed E-state index contributed by atoms with van der Waals surface area (Å²) < 4.78 is 51.0. The lowest BCUT2D eigenvalue weighted by molar-refractivity contribution is -0.187. The molecule has 23 heavy (non-hydrogen) atoms. The van der Waals surface area contributed by atoms with Gasteiger partial charge < -0.3 is 14.8 Å². The maximum atomic E-state index is 13.6. The van der Waals surface area contributed by atoms with Crippen molar-refractivity contribution < 1.29 is 22.6 Å². The summed E-state index contributed by atoms with van der Waals surface area (Å²) >= 11 is 6.17. The van der Waals surface area contributed by atoms with Gasteiger partial charge in [0.2, 0.25) is 0 Å². The Morgan fingerprint density at radius 2 is 1.78 bits per heavy atom. The standard InChI is InChI=1S/C14H18ClF3N2O2.ClH/c1-21-10-4-3-9(11(15)12(10)22-2)13(14(16,17)18)20-7-5-19-6-8-20;/h3-4,13,19H,5-8H2,1-2H3;1H/t13-;/m1./s1. The van der Waals surface area contributed by atoms with Crippen molar-refractivity contribution >= 4 is 24.0 Å². The summed E-state index contributed by atoms with van der Waals surface area (Å²) in [6.45, 7) is 1.62. The van der Waals surface area contributed by atoms with Crippen LogP contribution in [-0.4, -0.2) is 51.5 Å². The SMILES string of the molecule is COc1ccc([C@@H](N2CCNCC2)C(F)(F)F)c(Cl)c1OC.Cl. The molecule has 0 bridgehead atoms. The van der Waals surface area contributed by atoms with Crippen molar-refractivity contribution in [2.75, 3.05) is 40.4 Å². The zero-order valence-corrected chi connectivity index (χ0v) is 14.3. The molecule has 1 aliphatic rings. The topological polar surface area (TPSA) is 33.7 Å². The first-order chi connectivity index (χ1) is 10.4. The van der Waals surface area contributed by atoms with Crippen molar-refractivity contribution in [2.24, 2.45) is 0 Å². The van der Waals surface area contributed by atoms with Gasteiger partial charge in [0.25, 0.3) is 0 Å². The third-order valence-corrected chi connectivity index (χ3v) is 4.03. The number of rotatable bonds is 4. The largest absolute Gasteiger partial charge is 0.493 e. The van der Waals surface area contributed by atoms with E-state index >= 15 is 0 Å². The highest BCUT2D eigenvalue weighted by atomic mass is 35.5. The third-order valence-electron chi connectivity index (χ3n) is 3.64. The summed E-state index contributed by atoms with van der Waals surface area (Å²) in [7, 11) is 2.76. The van der Waals surface area contributed by atoms with Crippen LogP contribution in [0.15, 0.2) is 12.1 Å². The Bertz CT molecular complexity index is 523. The molecular weight excluding hydrogens is 356 g/mol. The average Bonchev–Trinajstić information content (AvgIpc) is 2.48. The van der Waals surface area contributed by atoms with Crippen LogP contribution in [0.5, 0.6) is 11.5 Å². The monoisotopic (exact) mass is 374 g/mol. The molecular formula is C14H19Cl2F3N2O2. The number of hydrogen-bond acceptors (Lipinski definition) is 4. The second-order valence-corrected chi connectivity index (χ2v) is 5.31. The predicted octanol–water partition coefficient (Wildman–Crippen LogP) is 3.29. The third kappa shape index (κ3) is 4.35. The summed E-state index contributed by atoms with van der Waals surface area (Å²) in [5, 5.41) is 2.97. The van der Waals surface area contributed by atoms with Crippen LogP contribution in [-0.2, 0) is 0 Å².